The number of para-hydroxylation sites is 1. The third-order valence-corrected chi connectivity index (χ3v) is 3.35. The molecular formula is C17H17N3O. The molecule has 4 nitrogen and oxygen atoms in total. The molecule has 0 saturated carbocycles. The van der Waals surface area contributed by atoms with Crippen LogP contribution in [-0.4, -0.2) is 17.1 Å². The third-order valence-electron chi connectivity index (χ3n) is 3.35. The van der Waals surface area contributed by atoms with Gasteiger partial charge in [0.25, 0.3) is 0 Å². The van der Waals surface area contributed by atoms with Crippen molar-refractivity contribution in [1.29, 1.82) is 0 Å². The van der Waals surface area contributed by atoms with Gasteiger partial charge in [0, 0.05) is 29.9 Å². The number of benzene rings is 1. The van der Waals surface area contributed by atoms with Gasteiger partial charge >= 0.3 is 0 Å². The molecule has 1 aromatic carbocycles. The highest BCUT2D eigenvalue weighted by Gasteiger charge is 2.03. The van der Waals surface area contributed by atoms with Crippen molar-refractivity contribution in [1.82, 2.24) is 9.97 Å². The van der Waals surface area contributed by atoms with E-state index in [4.69, 9.17) is 4.74 Å². The summed E-state index contributed by atoms with van der Waals surface area (Å²) in [5.41, 5.74) is 4.15. The standard InChI is InChI=1S/C17H17N3O/c1-12-6-8-14-4-3-5-15(17(14)20-12)18-10-13-7-9-16(21-2)19-11-13/h3-9,11,18H,10H2,1-2H3. The SMILES string of the molecule is COc1ccc(CNc2cccc3ccc(C)nc23)cn1. The van der Waals surface area contributed by atoms with Crippen LogP contribution >= 0.6 is 0 Å². The quantitative estimate of drug-likeness (QED) is 0.793. The molecule has 0 fully saturated rings. The van der Waals surface area contributed by atoms with Crippen molar-refractivity contribution >= 4 is 16.6 Å². The van der Waals surface area contributed by atoms with Gasteiger partial charge < -0.3 is 10.1 Å². The Kier molecular flexibility index (Phi) is 3.69. The minimum Gasteiger partial charge on any atom is -0.481 e. The zero-order chi connectivity index (χ0) is 14.7. The Morgan fingerprint density at radius 2 is 2.00 bits per heavy atom. The lowest BCUT2D eigenvalue weighted by Crippen LogP contribution is -2.01. The van der Waals surface area contributed by atoms with E-state index in [9.17, 15) is 0 Å². The van der Waals surface area contributed by atoms with E-state index in [-0.39, 0.29) is 0 Å². The molecular weight excluding hydrogens is 262 g/mol. The van der Waals surface area contributed by atoms with Crippen LogP contribution in [-0.2, 0) is 6.54 Å². The predicted molar refractivity (Wildman–Crippen MR) is 84.6 cm³/mol. The minimum atomic E-state index is 0.626. The third kappa shape index (κ3) is 2.94. The van der Waals surface area contributed by atoms with Crippen LogP contribution in [0.1, 0.15) is 11.3 Å². The van der Waals surface area contributed by atoms with Crippen LogP contribution in [0.3, 0.4) is 0 Å². The summed E-state index contributed by atoms with van der Waals surface area (Å²) >= 11 is 0. The Balaban J connectivity index is 1.82. The molecule has 0 aliphatic rings. The van der Waals surface area contributed by atoms with Gasteiger partial charge in [-0.25, -0.2) is 4.98 Å². The molecule has 1 N–H and O–H groups in total. The number of aryl methyl sites for hydroxylation is 1. The van der Waals surface area contributed by atoms with Gasteiger partial charge in [-0.3, -0.25) is 4.98 Å². The molecule has 0 unspecified atom stereocenters. The molecule has 0 amide bonds. The first-order valence-electron chi connectivity index (χ1n) is 6.85. The summed E-state index contributed by atoms with van der Waals surface area (Å²) in [6.45, 7) is 2.70. The van der Waals surface area contributed by atoms with Crippen LogP contribution in [0, 0.1) is 6.92 Å². The number of aromatic nitrogens is 2. The Morgan fingerprint density at radius 1 is 1.10 bits per heavy atom. The maximum atomic E-state index is 5.06. The summed E-state index contributed by atoms with van der Waals surface area (Å²) in [5.74, 6) is 0.626. The fourth-order valence-corrected chi connectivity index (χ4v) is 2.22. The van der Waals surface area contributed by atoms with Gasteiger partial charge in [0.1, 0.15) is 0 Å². The maximum Gasteiger partial charge on any atom is 0.212 e. The zero-order valence-corrected chi connectivity index (χ0v) is 12.1. The first-order chi connectivity index (χ1) is 10.3. The van der Waals surface area contributed by atoms with E-state index in [0.29, 0.717) is 12.4 Å². The minimum absolute atomic E-state index is 0.626. The van der Waals surface area contributed by atoms with E-state index in [0.717, 1.165) is 27.8 Å². The van der Waals surface area contributed by atoms with E-state index in [1.165, 1.54) is 0 Å². The number of fused-ring (bicyclic) bond motifs is 1. The molecule has 3 rings (SSSR count). The highest BCUT2D eigenvalue weighted by atomic mass is 16.5. The lowest BCUT2D eigenvalue weighted by molar-refractivity contribution is 0.397. The summed E-state index contributed by atoms with van der Waals surface area (Å²) < 4.78 is 5.06. The van der Waals surface area contributed by atoms with E-state index < -0.39 is 0 Å². The van der Waals surface area contributed by atoms with Crippen LogP contribution < -0.4 is 10.1 Å². The van der Waals surface area contributed by atoms with E-state index in [1.54, 1.807) is 7.11 Å². The number of anilines is 1. The van der Waals surface area contributed by atoms with Gasteiger partial charge in [-0.05, 0) is 24.6 Å². The largest absolute Gasteiger partial charge is 0.481 e. The Morgan fingerprint density at radius 3 is 2.76 bits per heavy atom. The molecule has 0 aliphatic carbocycles. The molecule has 0 atom stereocenters. The van der Waals surface area contributed by atoms with Crippen LogP contribution in [0.5, 0.6) is 5.88 Å². The predicted octanol–water partition coefficient (Wildman–Crippen LogP) is 3.56. The highest BCUT2D eigenvalue weighted by Crippen LogP contribution is 2.22. The van der Waals surface area contributed by atoms with Crippen molar-refractivity contribution in [2.45, 2.75) is 13.5 Å². The molecule has 0 saturated heterocycles. The fourth-order valence-electron chi connectivity index (χ4n) is 2.22. The topological polar surface area (TPSA) is 47.0 Å². The summed E-state index contributed by atoms with van der Waals surface area (Å²) in [6, 6.07) is 14.1. The van der Waals surface area contributed by atoms with Crippen molar-refractivity contribution < 1.29 is 4.74 Å². The lowest BCUT2D eigenvalue weighted by atomic mass is 10.1. The Hall–Kier alpha value is -2.62. The number of ether oxygens (including phenoxy) is 1. The number of nitrogens with one attached hydrogen (secondary N) is 1. The molecule has 21 heavy (non-hydrogen) atoms. The van der Waals surface area contributed by atoms with Crippen molar-refractivity contribution in [3.63, 3.8) is 0 Å². The molecule has 0 radical (unpaired) electrons. The average molecular weight is 279 g/mol. The van der Waals surface area contributed by atoms with Crippen molar-refractivity contribution in [2.75, 3.05) is 12.4 Å². The molecule has 4 heteroatoms. The van der Waals surface area contributed by atoms with Crippen LogP contribution in [0.4, 0.5) is 5.69 Å². The number of rotatable bonds is 4. The second kappa shape index (κ2) is 5.79. The molecule has 3 aromatic rings. The van der Waals surface area contributed by atoms with Crippen LogP contribution in [0.25, 0.3) is 10.9 Å². The van der Waals surface area contributed by atoms with Gasteiger partial charge in [-0.1, -0.05) is 24.3 Å². The van der Waals surface area contributed by atoms with Gasteiger partial charge in [0.05, 0.1) is 18.3 Å². The van der Waals surface area contributed by atoms with Gasteiger partial charge in [-0.2, -0.15) is 0 Å². The van der Waals surface area contributed by atoms with Gasteiger partial charge in [0.15, 0.2) is 0 Å². The zero-order valence-electron chi connectivity index (χ0n) is 12.1. The number of hydrogen-bond acceptors (Lipinski definition) is 4. The normalized spacial score (nSPS) is 10.6. The smallest absolute Gasteiger partial charge is 0.212 e. The summed E-state index contributed by atoms with van der Waals surface area (Å²) in [7, 11) is 1.62. The lowest BCUT2D eigenvalue weighted by Gasteiger charge is -2.10. The van der Waals surface area contributed by atoms with Crippen molar-refractivity contribution in [3.05, 3.63) is 59.9 Å². The summed E-state index contributed by atoms with van der Waals surface area (Å²) in [6.07, 6.45) is 1.82. The Labute approximate surface area is 123 Å². The number of hydrogen-bond donors (Lipinski definition) is 1. The maximum absolute atomic E-state index is 5.06. The second-order valence-corrected chi connectivity index (χ2v) is 4.89. The average Bonchev–Trinajstić information content (AvgIpc) is 2.53. The number of methoxy groups -OCH3 is 1. The van der Waals surface area contributed by atoms with Crippen LogP contribution in [0.15, 0.2) is 48.7 Å². The first-order valence-corrected chi connectivity index (χ1v) is 6.85. The van der Waals surface area contributed by atoms with E-state index >= 15 is 0 Å². The molecule has 2 heterocycles. The van der Waals surface area contributed by atoms with Gasteiger partial charge in [-0.15, -0.1) is 0 Å². The Bertz CT molecular complexity index is 754. The molecule has 0 spiro atoms. The van der Waals surface area contributed by atoms with Gasteiger partial charge in [0.2, 0.25) is 5.88 Å². The van der Waals surface area contributed by atoms with Crippen molar-refractivity contribution in [2.24, 2.45) is 0 Å². The molecule has 0 aliphatic heterocycles. The number of pyridine rings is 2. The summed E-state index contributed by atoms with van der Waals surface area (Å²) in [4.78, 5) is 8.83. The monoisotopic (exact) mass is 279 g/mol. The molecule has 2 aromatic heterocycles. The van der Waals surface area contributed by atoms with Crippen LogP contribution in [0.2, 0.25) is 0 Å². The molecule has 0 bridgehead atoms. The molecule has 106 valence electrons. The summed E-state index contributed by atoms with van der Waals surface area (Å²) in [5, 5.41) is 4.56. The van der Waals surface area contributed by atoms with Crippen molar-refractivity contribution in [3.8, 4) is 5.88 Å². The number of nitrogens with zero attached hydrogens (tertiary/aromatic N) is 2. The van der Waals surface area contributed by atoms with E-state index in [1.807, 2.05) is 43.5 Å². The highest BCUT2D eigenvalue weighted by molar-refractivity contribution is 5.90. The second-order valence-electron chi connectivity index (χ2n) is 4.89. The first kappa shape index (κ1) is 13.4. The van der Waals surface area contributed by atoms with E-state index in [2.05, 4.69) is 27.4 Å². The fraction of sp³-hybridized carbons (Fsp3) is 0.176.